The lowest BCUT2D eigenvalue weighted by atomic mass is 10.3. The molecule has 1 aliphatic rings. The van der Waals surface area contributed by atoms with Crippen LogP contribution in [0.15, 0.2) is 0 Å². The van der Waals surface area contributed by atoms with Gasteiger partial charge in [-0.15, -0.1) is 0 Å². The molecule has 1 atom stereocenters. The summed E-state index contributed by atoms with van der Waals surface area (Å²) in [4.78, 5) is 13.4. The van der Waals surface area contributed by atoms with Gasteiger partial charge in [-0.25, -0.2) is 4.79 Å². The van der Waals surface area contributed by atoms with Gasteiger partial charge in [-0.2, -0.15) is 11.8 Å². The molecule has 1 aliphatic heterocycles. The number of hydrogen-bond donors (Lipinski definition) is 1. The third kappa shape index (κ3) is 3.46. The molecule has 1 heterocycles. The summed E-state index contributed by atoms with van der Waals surface area (Å²) < 4.78 is 0. The number of thioether (sulfide) groups is 1. The Labute approximate surface area is 84.2 Å². The van der Waals surface area contributed by atoms with Crippen LogP contribution < -0.4 is 5.32 Å². The Kier molecular flexibility index (Phi) is 4.42. The van der Waals surface area contributed by atoms with Gasteiger partial charge in [0.25, 0.3) is 0 Å². The standard InChI is InChI=1S/C9H18N2OS/c1-3-10-9(12)11-5-4-8(2)13-7-6-11/h8H,3-7H2,1-2H3,(H,10,12). The van der Waals surface area contributed by atoms with Crippen molar-refractivity contribution in [3.63, 3.8) is 0 Å². The van der Waals surface area contributed by atoms with E-state index in [1.165, 1.54) is 0 Å². The maximum atomic E-state index is 11.5. The number of nitrogens with zero attached hydrogens (tertiary/aromatic N) is 1. The molecule has 1 saturated heterocycles. The van der Waals surface area contributed by atoms with Gasteiger partial charge < -0.3 is 10.2 Å². The van der Waals surface area contributed by atoms with Crippen LogP contribution in [0, 0.1) is 0 Å². The summed E-state index contributed by atoms with van der Waals surface area (Å²) in [6.45, 7) is 6.69. The Morgan fingerprint density at radius 1 is 1.62 bits per heavy atom. The van der Waals surface area contributed by atoms with Crippen LogP contribution in [0.25, 0.3) is 0 Å². The summed E-state index contributed by atoms with van der Waals surface area (Å²) in [6, 6.07) is 0.0946. The molecule has 13 heavy (non-hydrogen) atoms. The van der Waals surface area contributed by atoms with Crippen LogP contribution in [0.1, 0.15) is 20.3 Å². The fraction of sp³-hybridized carbons (Fsp3) is 0.889. The van der Waals surface area contributed by atoms with Gasteiger partial charge in [0.15, 0.2) is 0 Å². The molecule has 0 aromatic heterocycles. The maximum Gasteiger partial charge on any atom is 0.317 e. The SMILES string of the molecule is CCNC(=O)N1CCSC(C)CC1. The smallest absolute Gasteiger partial charge is 0.317 e. The van der Waals surface area contributed by atoms with Crippen LogP contribution in [0.5, 0.6) is 0 Å². The minimum absolute atomic E-state index is 0.0946. The molecule has 0 radical (unpaired) electrons. The molecule has 0 aromatic rings. The van der Waals surface area contributed by atoms with Crippen LogP contribution in [0.4, 0.5) is 4.79 Å². The van der Waals surface area contributed by atoms with E-state index in [1.807, 2.05) is 23.6 Å². The van der Waals surface area contributed by atoms with E-state index >= 15 is 0 Å². The number of nitrogens with one attached hydrogen (secondary N) is 1. The number of amides is 2. The molecular weight excluding hydrogens is 184 g/mol. The van der Waals surface area contributed by atoms with Crippen molar-refractivity contribution >= 4 is 17.8 Å². The van der Waals surface area contributed by atoms with Gasteiger partial charge in [-0.05, 0) is 13.3 Å². The number of carbonyl (C=O) groups is 1. The molecule has 0 spiro atoms. The second-order valence-corrected chi connectivity index (χ2v) is 4.84. The highest BCUT2D eigenvalue weighted by Gasteiger charge is 2.17. The molecule has 0 aliphatic carbocycles. The molecule has 2 amide bonds. The number of rotatable bonds is 1. The summed E-state index contributed by atoms with van der Waals surface area (Å²) in [5, 5.41) is 3.53. The van der Waals surface area contributed by atoms with E-state index in [1.54, 1.807) is 0 Å². The molecule has 1 rings (SSSR count). The Morgan fingerprint density at radius 2 is 2.38 bits per heavy atom. The summed E-state index contributed by atoms with van der Waals surface area (Å²) in [5.74, 6) is 1.07. The fourth-order valence-electron chi connectivity index (χ4n) is 1.36. The first-order chi connectivity index (χ1) is 6.24. The molecule has 1 unspecified atom stereocenters. The Bertz CT molecular complexity index is 175. The largest absolute Gasteiger partial charge is 0.338 e. The normalized spacial score (nSPS) is 23.8. The Morgan fingerprint density at radius 3 is 3.08 bits per heavy atom. The van der Waals surface area contributed by atoms with Gasteiger partial charge in [0.05, 0.1) is 0 Å². The fourth-order valence-corrected chi connectivity index (χ4v) is 2.36. The lowest BCUT2D eigenvalue weighted by Gasteiger charge is -2.19. The van der Waals surface area contributed by atoms with Crippen LogP contribution in [-0.4, -0.2) is 41.6 Å². The van der Waals surface area contributed by atoms with Crippen molar-refractivity contribution < 1.29 is 4.79 Å². The van der Waals surface area contributed by atoms with Crippen molar-refractivity contribution in [2.75, 3.05) is 25.4 Å². The molecule has 76 valence electrons. The maximum absolute atomic E-state index is 11.5. The van der Waals surface area contributed by atoms with E-state index in [4.69, 9.17) is 0 Å². The second-order valence-electron chi connectivity index (χ2n) is 3.29. The van der Waals surface area contributed by atoms with Crippen LogP contribution >= 0.6 is 11.8 Å². The zero-order chi connectivity index (χ0) is 9.68. The lowest BCUT2D eigenvalue weighted by molar-refractivity contribution is 0.202. The number of carbonyl (C=O) groups excluding carboxylic acids is 1. The highest BCUT2D eigenvalue weighted by molar-refractivity contribution is 7.99. The molecular formula is C9H18N2OS. The third-order valence-electron chi connectivity index (χ3n) is 2.18. The first-order valence-electron chi connectivity index (χ1n) is 4.88. The van der Waals surface area contributed by atoms with Crippen LogP contribution in [0.2, 0.25) is 0 Å². The molecule has 0 bridgehead atoms. The van der Waals surface area contributed by atoms with Gasteiger partial charge in [0.1, 0.15) is 0 Å². The van der Waals surface area contributed by atoms with E-state index < -0.39 is 0 Å². The van der Waals surface area contributed by atoms with Gasteiger partial charge in [0.2, 0.25) is 0 Å². The van der Waals surface area contributed by atoms with Gasteiger partial charge in [-0.3, -0.25) is 0 Å². The Hall–Kier alpha value is -0.380. The van der Waals surface area contributed by atoms with Crippen molar-refractivity contribution in [3.8, 4) is 0 Å². The van der Waals surface area contributed by atoms with E-state index in [9.17, 15) is 4.79 Å². The average Bonchev–Trinajstić information content (AvgIpc) is 2.30. The van der Waals surface area contributed by atoms with Crippen molar-refractivity contribution in [3.05, 3.63) is 0 Å². The first kappa shape index (κ1) is 10.7. The van der Waals surface area contributed by atoms with Crippen molar-refractivity contribution in [1.29, 1.82) is 0 Å². The molecule has 0 aromatic carbocycles. The zero-order valence-corrected chi connectivity index (χ0v) is 9.19. The van der Waals surface area contributed by atoms with Gasteiger partial charge in [0, 0.05) is 30.6 Å². The van der Waals surface area contributed by atoms with Gasteiger partial charge in [-0.1, -0.05) is 6.92 Å². The predicted molar refractivity (Wildman–Crippen MR) is 57.2 cm³/mol. The Balaban J connectivity index is 2.37. The third-order valence-corrected chi connectivity index (χ3v) is 3.41. The quantitative estimate of drug-likeness (QED) is 0.699. The molecule has 4 heteroatoms. The first-order valence-corrected chi connectivity index (χ1v) is 5.93. The van der Waals surface area contributed by atoms with E-state index in [2.05, 4.69) is 12.2 Å². The monoisotopic (exact) mass is 202 g/mol. The highest BCUT2D eigenvalue weighted by atomic mass is 32.2. The molecule has 1 N–H and O–H groups in total. The minimum Gasteiger partial charge on any atom is -0.338 e. The number of urea groups is 1. The highest BCUT2D eigenvalue weighted by Crippen LogP contribution is 2.18. The summed E-state index contributed by atoms with van der Waals surface area (Å²) in [7, 11) is 0. The lowest BCUT2D eigenvalue weighted by Crippen LogP contribution is -2.41. The second kappa shape index (κ2) is 5.37. The summed E-state index contributed by atoms with van der Waals surface area (Å²) in [6.07, 6.45) is 1.11. The topological polar surface area (TPSA) is 32.3 Å². The summed E-state index contributed by atoms with van der Waals surface area (Å²) >= 11 is 1.96. The summed E-state index contributed by atoms with van der Waals surface area (Å²) in [5.41, 5.74) is 0. The van der Waals surface area contributed by atoms with E-state index in [0.717, 1.165) is 31.8 Å². The van der Waals surface area contributed by atoms with Crippen molar-refractivity contribution in [2.24, 2.45) is 0 Å². The van der Waals surface area contributed by atoms with Crippen molar-refractivity contribution in [1.82, 2.24) is 10.2 Å². The molecule has 0 saturated carbocycles. The average molecular weight is 202 g/mol. The minimum atomic E-state index is 0.0946. The van der Waals surface area contributed by atoms with Crippen LogP contribution in [-0.2, 0) is 0 Å². The van der Waals surface area contributed by atoms with Crippen molar-refractivity contribution in [2.45, 2.75) is 25.5 Å². The number of hydrogen-bond acceptors (Lipinski definition) is 2. The van der Waals surface area contributed by atoms with Crippen LogP contribution in [0.3, 0.4) is 0 Å². The molecule has 3 nitrogen and oxygen atoms in total. The van der Waals surface area contributed by atoms with E-state index in [-0.39, 0.29) is 6.03 Å². The predicted octanol–water partition coefficient (Wildman–Crippen LogP) is 1.54. The zero-order valence-electron chi connectivity index (χ0n) is 8.38. The van der Waals surface area contributed by atoms with E-state index in [0.29, 0.717) is 5.25 Å². The molecule has 1 fully saturated rings. The van der Waals surface area contributed by atoms with Gasteiger partial charge >= 0.3 is 6.03 Å².